The van der Waals surface area contributed by atoms with Crippen LogP contribution in [0.5, 0.6) is 0 Å². The van der Waals surface area contributed by atoms with Crippen LogP contribution in [0.15, 0.2) is 61.2 Å². The molecular formula is C53H68N4O13S. The maximum atomic E-state index is 14.6. The van der Waals surface area contributed by atoms with Crippen molar-refractivity contribution in [3.05, 3.63) is 87.5 Å². The number of ether oxygens (including phenoxy) is 4. The third-order valence-electron chi connectivity index (χ3n) is 14.2. The number of carbonyl (C=O) groups is 6. The van der Waals surface area contributed by atoms with Gasteiger partial charge >= 0.3 is 12.1 Å². The number of hydrogen-bond donors (Lipinski definition) is 2. The monoisotopic (exact) mass is 1000 g/mol. The van der Waals surface area contributed by atoms with E-state index in [2.05, 4.69) is 23.8 Å². The fourth-order valence-corrected chi connectivity index (χ4v) is 10.6. The number of amides is 3. The first-order valence-corrected chi connectivity index (χ1v) is 25.6. The first kappa shape index (κ1) is 54.5. The summed E-state index contributed by atoms with van der Waals surface area (Å²) in [6, 6.07) is 9.21. The number of fused-ring (bicyclic) bond motifs is 2. The van der Waals surface area contributed by atoms with Crippen molar-refractivity contribution in [1.82, 2.24) is 9.88 Å². The van der Waals surface area contributed by atoms with Gasteiger partial charge in [0.1, 0.15) is 30.3 Å². The van der Waals surface area contributed by atoms with Crippen LogP contribution in [0.2, 0.25) is 0 Å². The molecule has 2 aromatic carbocycles. The van der Waals surface area contributed by atoms with Crippen LogP contribution in [-0.2, 0) is 49.5 Å². The highest BCUT2D eigenvalue weighted by Gasteiger charge is 2.53. The van der Waals surface area contributed by atoms with Gasteiger partial charge in [-0.3, -0.25) is 39.0 Å². The largest absolute Gasteiger partial charge is 0.508 e. The number of hydrogen-bond acceptors (Lipinski definition) is 15. The lowest BCUT2D eigenvalue weighted by atomic mass is 9.71. The van der Waals surface area contributed by atoms with Gasteiger partial charge in [0.2, 0.25) is 5.91 Å². The molecule has 0 spiro atoms. The van der Waals surface area contributed by atoms with Crippen LogP contribution in [0, 0.1) is 34.3 Å². The lowest BCUT2D eigenvalue weighted by Crippen LogP contribution is -2.47. The average Bonchev–Trinajstić information content (AvgIpc) is 3.58. The quantitative estimate of drug-likeness (QED) is 0.0230. The third-order valence-corrected chi connectivity index (χ3v) is 15.1. The molecular weight excluding hydrogens is 933 g/mol. The summed E-state index contributed by atoms with van der Waals surface area (Å²) in [6.07, 6.45) is 6.48. The first-order valence-electron chi connectivity index (χ1n) is 24.8. The summed E-state index contributed by atoms with van der Waals surface area (Å²) < 4.78 is 24.8. The summed E-state index contributed by atoms with van der Waals surface area (Å²) in [5, 5.41) is 27.3. The Morgan fingerprint density at radius 3 is 2.51 bits per heavy atom. The van der Waals surface area contributed by atoms with Gasteiger partial charge in [-0.05, 0) is 81.2 Å². The number of ketones is 1. The Morgan fingerprint density at radius 2 is 1.80 bits per heavy atom. The minimum Gasteiger partial charge on any atom is -0.457 e. The van der Waals surface area contributed by atoms with Gasteiger partial charge in [0.25, 0.3) is 17.5 Å². The molecule has 384 valence electrons. The summed E-state index contributed by atoms with van der Waals surface area (Å²) in [5.41, 5.74) is -0.845. The first-order chi connectivity index (χ1) is 33.7. The SMILES string of the molecule is C=CC[C@H]1C(=O)C(C)(C)[C@@H](O)CC(=O)O[C@H](c2ccc3sc(C)nc3c2)C[C@H]2O[C@@]2(C)CCC[C@H](C)[C@@H]1OC(=O)OCc1ccc(NC(=O)CCC(CCCCCCC)N2C(=O)C=CC2=O)c([N+](=O)[O-])c1. The molecule has 1 aromatic heterocycles. The fraction of sp³-hybridized carbons (Fsp3) is 0.566. The van der Waals surface area contributed by atoms with Crippen LogP contribution in [0.1, 0.15) is 147 Å². The van der Waals surface area contributed by atoms with Gasteiger partial charge in [-0.2, -0.15) is 0 Å². The maximum absolute atomic E-state index is 14.6. The van der Waals surface area contributed by atoms with Gasteiger partial charge in [-0.15, -0.1) is 17.9 Å². The standard InChI is InChI=1S/C53H68N4O13S/c1-8-10-11-12-13-17-36(56-46(60)24-25-47(56)61)20-23-45(59)55-38-21-18-34(27-40(38)57(65)66)31-67-51(64)69-49-32(3)16-14-26-53(7)44(70-53)29-41(35-19-22-42-39(28-35)54-33(4)71-42)68-48(62)30-43(58)52(5,6)50(63)37(49)15-9-2/h9,18-19,21-22,24-25,27-28,32,36-37,41,43-44,49,58H,2,8,10-17,20,23,26,29-31H2,1,3-7H3,(H,55,59)/t32-,36?,37+,41-,43-,44+,49-,53-/m0/s1. The van der Waals surface area contributed by atoms with E-state index in [1.165, 1.54) is 55.2 Å². The minimum atomic E-state index is -1.52. The summed E-state index contributed by atoms with van der Waals surface area (Å²) in [4.78, 5) is 97.4. The summed E-state index contributed by atoms with van der Waals surface area (Å²) >= 11 is 1.57. The molecule has 0 bridgehead atoms. The number of nitro benzene ring substituents is 1. The third kappa shape index (κ3) is 14.0. The van der Waals surface area contributed by atoms with E-state index in [0.717, 1.165) is 52.9 Å². The average molecular weight is 1000 g/mol. The Hall–Kier alpha value is -5.85. The molecule has 0 saturated carbocycles. The van der Waals surface area contributed by atoms with E-state index in [1.54, 1.807) is 11.3 Å². The van der Waals surface area contributed by atoms with E-state index in [0.29, 0.717) is 32.1 Å². The number of anilines is 1. The number of benzene rings is 2. The van der Waals surface area contributed by atoms with E-state index in [9.17, 15) is 44.0 Å². The molecule has 1 unspecified atom stereocenters. The van der Waals surface area contributed by atoms with Crippen LogP contribution in [0.3, 0.4) is 0 Å². The number of unbranched alkanes of at least 4 members (excludes halogenated alkanes) is 4. The molecule has 3 aromatic rings. The van der Waals surface area contributed by atoms with Crippen molar-refractivity contribution in [2.24, 2.45) is 17.3 Å². The van der Waals surface area contributed by atoms with Gasteiger partial charge in [0.15, 0.2) is 0 Å². The molecule has 17 nitrogen and oxygen atoms in total. The number of imide groups is 1. The van der Waals surface area contributed by atoms with Crippen molar-refractivity contribution in [3.63, 3.8) is 0 Å². The highest BCUT2D eigenvalue weighted by atomic mass is 32.1. The predicted octanol–water partition coefficient (Wildman–Crippen LogP) is 10.1. The van der Waals surface area contributed by atoms with Crippen molar-refractivity contribution in [3.8, 4) is 0 Å². The normalized spacial score (nSPS) is 25.3. The van der Waals surface area contributed by atoms with E-state index < -0.39 is 106 Å². The number of Topliss-reactive ketones (excluding diaryl/α,β-unsaturated/α-hetero) is 1. The number of carbonyl (C=O) groups excluding carboxylic acids is 6. The highest BCUT2D eigenvalue weighted by Crippen LogP contribution is 2.47. The van der Waals surface area contributed by atoms with Crippen LogP contribution in [0.25, 0.3) is 10.2 Å². The van der Waals surface area contributed by atoms with Crippen molar-refractivity contribution in [2.75, 3.05) is 5.32 Å². The molecule has 8 atom stereocenters. The summed E-state index contributed by atoms with van der Waals surface area (Å²) in [6.45, 7) is 14.4. The molecule has 2 fully saturated rings. The Bertz CT molecular complexity index is 2490. The molecule has 3 amide bonds. The lowest BCUT2D eigenvalue weighted by Gasteiger charge is -2.37. The molecule has 18 heteroatoms. The second kappa shape index (κ2) is 24.0. The number of aromatic nitrogens is 1. The Kier molecular flexibility index (Phi) is 18.5. The van der Waals surface area contributed by atoms with Crippen molar-refractivity contribution < 1.29 is 57.7 Å². The number of thiazole rings is 1. The lowest BCUT2D eigenvalue weighted by molar-refractivity contribution is -0.384. The molecule has 0 aliphatic carbocycles. The number of nitro groups is 1. The molecule has 4 heterocycles. The number of cyclic esters (lactones) is 1. The second-order valence-corrected chi connectivity index (χ2v) is 21.2. The van der Waals surface area contributed by atoms with Gasteiger partial charge < -0.3 is 29.4 Å². The summed E-state index contributed by atoms with van der Waals surface area (Å²) in [7, 11) is 0. The smallest absolute Gasteiger partial charge is 0.457 e. The highest BCUT2D eigenvalue weighted by molar-refractivity contribution is 7.18. The van der Waals surface area contributed by atoms with E-state index in [1.807, 2.05) is 39.0 Å². The van der Waals surface area contributed by atoms with Gasteiger partial charge in [-0.1, -0.05) is 84.4 Å². The number of esters is 1. The zero-order chi connectivity index (χ0) is 51.6. The Balaban J connectivity index is 1.12. The Morgan fingerprint density at radius 1 is 1.07 bits per heavy atom. The van der Waals surface area contributed by atoms with E-state index in [4.69, 9.17) is 18.9 Å². The Labute approximate surface area is 418 Å². The van der Waals surface area contributed by atoms with Crippen molar-refractivity contribution in [1.29, 1.82) is 0 Å². The van der Waals surface area contributed by atoms with Crippen LogP contribution < -0.4 is 5.32 Å². The van der Waals surface area contributed by atoms with Crippen molar-refractivity contribution in [2.45, 2.75) is 174 Å². The molecule has 2 N–H and O–H groups in total. The number of aryl methyl sites for hydroxylation is 1. The van der Waals surface area contributed by atoms with Crippen molar-refractivity contribution >= 4 is 68.6 Å². The number of epoxide rings is 1. The number of aliphatic hydroxyl groups is 1. The van der Waals surface area contributed by atoms with E-state index in [-0.39, 0.29) is 36.6 Å². The molecule has 0 radical (unpaired) electrons. The molecule has 3 aliphatic heterocycles. The van der Waals surface area contributed by atoms with Crippen LogP contribution in [0.4, 0.5) is 16.2 Å². The topological polar surface area (TPSA) is 234 Å². The van der Waals surface area contributed by atoms with Gasteiger partial charge in [0.05, 0.1) is 55.7 Å². The number of rotatable bonds is 18. The van der Waals surface area contributed by atoms with E-state index >= 15 is 0 Å². The van der Waals surface area contributed by atoms with Crippen LogP contribution >= 0.6 is 11.3 Å². The molecule has 3 aliphatic rings. The fourth-order valence-electron chi connectivity index (χ4n) is 9.76. The predicted molar refractivity (Wildman–Crippen MR) is 266 cm³/mol. The molecule has 71 heavy (non-hydrogen) atoms. The number of nitrogens with zero attached hydrogens (tertiary/aromatic N) is 3. The van der Waals surface area contributed by atoms with Gasteiger partial charge in [0, 0.05) is 37.1 Å². The number of aliphatic hydroxyl groups excluding tert-OH is 1. The molecule has 6 rings (SSSR count). The number of nitrogens with one attached hydrogen (secondary N) is 1. The van der Waals surface area contributed by atoms with Crippen LogP contribution in [-0.4, -0.2) is 85.5 Å². The van der Waals surface area contributed by atoms with Gasteiger partial charge in [-0.25, -0.2) is 9.78 Å². The minimum absolute atomic E-state index is 0.0655. The maximum Gasteiger partial charge on any atom is 0.508 e. The number of allylic oxidation sites excluding steroid dienone is 1. The zero-order valence-corrected chi connectivity index (χ0v) is 42.5. The molecule has 2 saturated heterocycles. The zero-order valence-electron chi connectivity index (χ0n) is 41.6. The second-order valence-electron chi connectivity index (χ2n) is 20.0. The summed E-state index contributed by atoms with van der Waals surface area (Å²) in [5.74, 6) is -4.01.